The van der Waals surface area contributed by atoms with Gasteiger partial charge in [0.1, 0.15) is 0 Å². The summed E-state index contributed by atoms with van der Waals surface area (Å²) in [5.41, 5.74) is 5.95. The van der Waals surface area contributed by atoms with Crippen LogP contribution in [0.25, 0.3) is 0 Å². The predicted molar refractivity (Wildman–Crippen MR) is 59.4 cm³/mol. The molecule has 1 heterocycles. The van der Waals surface area contributed by atoms with E-state index in [4.69, 9.17) is 17.3 Å². The molecule has 0 aromatic carbocycles. The van der Waals surface area contributed by atoms with Crippen LogP contribution in [0, 0.1) is 0 Å². The van der Waals surface area contributed by atoms with Gasteiger partial charge in [-0.3, -0.25) is 0 Å². The topological polar surface area (TPSA) is 38.0 Å². The molecule has 0 aliphatic rings. The lowest BCUT2D eigenvalue weighted by molar-refractivity contribution is 0.541. The van der Waals surface area contributed by atoms with Crippen molar-refractivity contribution in [3.8, 4) is 0 Å². The molecule has 74 valence electrons. The van der Waals surface area contributed by atoms with E-state index >= 15 is 0 Å². The maximum atomic E-state index is 5.95. The molecule has 0 amide bonds. The first-order valence-corrected chi connectivity index (χ1v) is 5.53. The van der Waals surface area contributed by atoms with Gasteiger partial charge in [0.05, 0.1) is 10.4 Å². The summed E-state index contributed by atoms with van der Waals surface area (Å²) in [7, 11) is 0. The summed E-state index contributed by atoms with van der Waals surface area (Å²) < 4.78 is 0.801. The van der Waals surface area contributed by atoms with E-state index in [9.17, 15) is 0 Å². The summed E-state index contributed by atoms with van der Waals surface area (Å²) in [6.07, 6.45) is 0. The molecular formula is C9H15ClN2S. The molecule has 13 heavy (non-hydrogen) atoms. The third kappa shape index (κ3) is 3.65. The largest absolute Gasteiger partial charge is 0.322 e. The fourth-order valence-corrected chi connectivity index (χ4v) is 2.05. The quantitative estimate of drug-likeness (QED) is 0.815. The van der Waals surface area contributed by atoms with E-state index in [2.05, 4.69) is 19.2 Å². The minimum Gasteiger partial charge on any atom is -0.322 e. The second-order valence-electron chi connectivity index (χ2n) is 3.31. The molecular weight excluding hydrogens is 204 g/mol. The standard InChI is InChI=1S/C9H15ClN2S/c1-6(2)12-5-7(11)8-3-4-9(10)13-8/h3-4,6-7,12H,5,11H2,1-2H3. The van der Waals surface area contributed by atoms with Crippen molar-refractivity contribution >= 4 is 22.9 Å². The van der Waals surface area contributed by atoms with Crippen molar-refractivity contribution in [2.45, 2.75) is 25.9 Å². The van der Waals surface area contributed by atoms with Crippen LogP contribution >= 0.6 is 22.9 Å². The van der Waals surface area contributed by atoms with Gasteiger partial charge < -0.3 is 11.1 Å². The summed E-state index contributed by atoms with van der Waals surface area (Å²) in [5, 5.41) is 3.29. The number of hydrogen-bond acceptors (Lipinski definition) is 3. The molecule has 3 N–H and O–H groups in total. The molecule has 0 radical (unpaired) electrons. The first kappa shape index (κ1) is 11.0. The molecule has 0 saturated carbocycles. The Hall–Kier alpha value is -0.0900. The first-order chi connectivity index (χ1) is 6.09. The molecule has 0 fully saturated rings. The molecule has 1 rings (SSSR count). The Labute approximate surface area is 88.1 Å². The van der Waals surface area contributed by atoms with Gasteiger partial charge in [-0.25, -0.2) is 0 Å². The summed E-state index contributed by atoms with van der Waals surface area (Å²) in [5.74, 6) is 0. The van der Waals surface area contributed by atoms with Crippen molar-refractivity contribution in [1.82, 2.24) is 5.32 Å². The summed E-state index contributed by atoms with van der Waals surface area (Å²) in [6, 6.07) is 4.40. The van der Waals surface area contributed by atoms with E-state index in [0.29, 0.717) is 6.04 Å². The van der Waals surface area contributed by atoms with Crippen LogP contribution in [-0.2, 0) is 0 Å². The SMILES string of the molecule is CC(C)NCC(N)c1ccc(Cl)s1. The molecule has 0 spiro atoms. The average molecular weight is 219 g/mol. The second kappa shape index (κ2) is 4.96. The van der Waals surface area contributed by atoms with E-state index in [1.807, 2.05) is 12.1 Å². The molecule has 0 aliphatic heterocycles. The van der Waals surface area contributed by atoms with Gasteiger partial charge in [-0.2, -0.15) is 0 Å². The van der Waals surface area contributed by atoms with E-state index < -0.39 is 0 Å². The highest BCUT2D eigenvalue weighted by Gasteiger charge is 2.08. The van der Waals surface area contributed by atoms with E-state index in [0.717, 1.165) is 15.8 Å². The minimum absolute atomic E-state index is 0.0555. The normalized spacial score (nSPS) is 13.6. The van der Waals surface area contributed by atoms with Gasteiger partial charge >= 0.3 is 0 Å². The third-order valence-electron chi connectivity index (χ3n) is 1.71. The van der Waals surface area contributed by atoms with Crippen LogP contribution in [0.15, 0.2) is 12.1 Å². The Bertz CT molecular complexity index is 260. The van der Waals surface area contributed by atoms with Crippen molar-refractivity contribution in [2.24, 2.45) is 5.73 Å². The van der Waals surface area contributed by atoms with Crippen molar-refractivity contribution < 1.29 is 0 Å². The second-order valence-corrected chi connectivity index (χ2v) is 5.06. The molecule has 0 bridgehead atoms. The van der Waals surface area contributed by atoms with Gasteiger partial charge in [-0.15, -0.1) is 11.3 Å². The van der Waals surface area contributed by atoms with Crippen LogP contribution in [0.2, 0.25) is 4.34 Å². The van der Waals surface area contributed by atoms with Crippen molar-refractivity contribution in [1.29, 1.82) is 0 Å². The lowest BCUT2D eigenvalue weighted by atomic mass is 10.2. The Kier molecular flexibility index (Phi) is 4.19. The number of rotatable bonds is 4. The van der Waals surface area contributed by atoms with Crippen LogP contribution < -0.4 is 11.1 Å². The van der Waals surface area contributed by atoms with Gasteiger partial charge in [0.2, 0.25) is 0 Å². The molecule has 2 nitrogen and oxygen atoms in total. The molecule has 1 unspecified atom stereocenters. The summed E-state index contributed by atoms with van der Waals surface area (Å²) in [6.45, 7) is 5.01. The van der Waals surface area contributed by atoms with Crippen molar-refractivity contribution in [3.63, 3.8) is 0 Å². The first-order valence-electron chi connectivity index (χ1n) is 4.34. The Morgan fingerprint density at radius 1 is 1.54 bits per heavy atom. The molecule has 1 aromatic rings. The highest BCUT2D eigenvalue weighted by molar-refractivity contribution is 7.16. The van der Waals surface area contributed by atoms with Crippen LogP contribution in [-0.4, -0.2) is 12.6 Å². The van der Waals surface area contributed by atoms with Crippen LogP contribution in [0.5, 0.6) is 0 Å². The maximum absolute atomic E-state index is 5.95. The van der Waals surface area contributed by atoms with Gasteiger partial charge in [0, 0.05) is 17.5 Å². The smallest absolute Gasteiger partial charge is 0.0931 e. The molecule has 1 aromatic heterocycles. The summed E-state index contributed by atoms with van der Waals surface area (Å²) >= 11 is 7.36. The monoisotopic (exact) mass is 218 g/mol. The Balaban J connectivity index is 2.44. The number of halogens is 1. The minimum atomic E-state index is 0.0555. The Morgan fingerprint density at radius 2 is 2.23 bits per heavy atom. The predicted octanol–water partition coefficient (Wildman–Crippen LogP) is 2.40. The fraction of sp³-hybridized carbons (Fsp3) is 0.556. The fourth-order valence-electron chi connectivity index (χ4n) is 0.991. The average Bonchev–Trinajstić information content (AvgIpc) is 2.47. The van der Waals surface area contributed by atoms with Gasteiger partial charge in [0.25, 0.3) is 0 Å². The van der Waals surface area contributed by atoms with E-state index in [1.54, 1.807) is 11.3 Å². The zero-order chi connectivity index (χ0) is 9.84. The number of nitrogens with two attached hydrogens (primary N) is 1. The zero-order valence-corrected chi connectivity index (χ0v) is 9.45. The highest BCUT2D eigenvalue weighted by atomic mass is 35.5. The Morgan fingerprint density at radius 3 is 2.69 bits per heavy atom. The number of thiophene rings is 1. The van der Waals surface area contributed by atoms with Crippen LogP contribution in [0.1, 0.15) is 24.8 Å². The molecule has 0 aliphatic carbocycles. The molecule has 4 heteroatoms. The van der Waals surface area contributed by atoms with Gasteiger partial charge in [-0.05, 0) is 12.1 Å². The lowest BCUT2D eigenvalue weighted by Crippen LogP contribution is -2.31. The van der Waals surface area contributed by atoms with Crippen molar-refractivity contribution in [2.75, 3.05) is 6.54 Å². The van der Waals surface area contributed by atoms with E-state index in [-0.39, 0.29) is 6.04 Å². The van der Waals surface area contributed by atoms with Gasteiger partial charge in [0.15, 0.2) is 0 Å². The molecule has 0 saturated heterocycles. The maximum Gasteiger partial charge on any atom is 0.0931 e. The number of hydrogen-bond donors (Lipinski definition) is 2. The van der Waals surface area contributed by atoms with Gasteiger partial charge in [-0.1, -0.05) is 25.4 Å². The molecule has 1 atom stereocenters. The highest BCUT2D eigenvalue weighted by Crippen LogP contribution is 2.25. The van der Waals surface area contributed by atoms with Crippen LogP contribution in [0.4, 0.5) is 0 Å². The van der Waals surface area contributed by atoms with Crippen molar-refractivity contribution in [3.05, 3.63) is 21.3 Å². The number of nitrogens with one attached hydrogen (secondary N) is 1. The summed E-state index contributed by atoms with van der Waals surface area (Å²) in [4.78, 5) is 1.14. The zero-order valence-electron chi connectivity index (χ0n) is 7.88. The lowest BCUT2D eigenvalue weighted by Gasteiger charge is -2.13. The van der Waals surface area contributed by atoms with E-state index in [1.165, 1.54) is 0 Å². The van der Waals surface area contributed by atoms with Crippen LogP contribution in [0.3, 0.4) is 0 Å². The third-order valence-corrected chi connectivity index (χ3v) is 3.07.